The third kappa shape index (κ3) is 4.51. The molecule has 0 radical (unpaired) electrons. The molecular weight excluding hydrogens is 389 g/mol. The van der Waals surface area contributed by atoms with E-state index in [0.717, 1.165) is 11.1 Å². The topological polar surface area (TPSA) is 0 Å². The van der Waals surface area contributed by atoms with Gasteiger partial charge in [-0.3, -0.25) is 0 Å². The highest BCUT2D eigenvalue weighted by Crippen LogP contribution is 2.38. The zero-order chi connectivity index (χ0) is 17.9. The van der Waals surface area contributed by atoms with Crippen LogP contribution >= 0.6 is 15.9 Å². The second-order valence-electron chi connectivity index (χ2n) is 5.94. The van der Waals surface area contributed by atoms with Gasteiger partial charge in [-0.25, -0.2) is 0 Å². The fourth-order valence-electron chi connectivity index (χ4n) is 2.83. The van der Waals surface area contributed by atoms with Crippen LogP contribution in [-0.4, -0.2) is 0 Å². The molecule has 0 unspecified atom stereocenters. The molecule has 0 saturated carbocycles. The molecule has 25 heavy (non-hydrogen) atoms. The van der Waals surface area contributed by atoms with Gasteiger partial charge in [-0.05, 0) is 57.1 Å². The van der Waals surface area contributed by atoms with E-state index in [0.29, 0.717) is 24.0 Å². The Kier molecular flexibility index (Phi) is 5.28. The van der Waals surface area contributed by atoms with Gasteiger partial charge in [0, 0.05) is 4.47 Å². The summed E-state index contributed by atoms with van der Waals surface area (Å²) in [7, 11) is 0. The minimum absolute atomic E-state index is 0.126. The first kappa shape index (κ1) is 17.7. The standard InChI is InChI=1S/C21H16BrF3/c22-20-18(12-16-9-5-2-6-10-16)13-17(14-19(20)21(23,24)25)11-15-7-3-1-4-8-15/h1-10,13-14H,11-12H2. The van der Waals surface area contributed by atoms with E-state index in [1.54, 1.807) is 0 Å². The summed E-state index contributed by atoms with van der Waals surface area (Å²) in [6.07, 6.45) is -3.47. The van der Waals surface area contributed by atoms with Crippen LogP contribution in [0.15, 0.2) is 77.3 Å². The maximum absolute atomic E-state index is 13.5. The van der Waals surface area contributed by atoms with Gasteiger partial charge in [0.2, 0.25) is 0 Å². The Hall–Kier alpha value is -2.07. The number of benzene rings is 3. The molecule has 128 valence electrons. The van der Waals surface area contributed by atoms with Crippen LogP contribution in [0.25, 0.3) is 0 Å². The van der Waals surface area contributed by atoms with Crippen molar-refractivity contribution in [1.82, 2.24) is 0 Å². The quantitative estimate of drug-likeness (QED) is 0.456. The maximum atomic E-state index is 13.5. The SMILES string of the molecule is FC(F)(F)c1cc(Cc2ccccc2)cc(Cc2ccccc2)c1Br. The molecule has 0 amide bonds. The summed E-state index contributed by atoms with van der Waals surface area (Å²) in [4.78, 5) is 0. The average Bonchev–Trinajstić information content (AvgIpc) is 2.58. The molecule has 0 aliphatic carbocycles. The zero-order valence-electron chi connectivity index (χ0n) is 13.4. The van der Waals surface area contributed by atoms with E-state index in [1.165, 1.54) is 6.07 Å². The van der Waals surface area contributed by atoms with Crippen molar-refractivity contribution in [1.29, 1.82) is 0 Å². The van der Waals surface area contributed by atoms with Crippen molar-refractivity contribution in [3.8, 4) is 0 Å². The Morgan fingerprint density at radius 2 is 1.20 bits per heavy atom. The number of alkyl halides is 3. The maximum Gasteiger partial charge on any atom is 0.417 e. The first-order valence-electron chi connectivity index (χ1n) is 7.90. The minimum Gasteiger partial charge on any atom is -0.166 e. The van der Waals surface area contributed by atoms with Crippen molar-refractivity contribution in [2.24, 2.45) is 0 Å². The van der Waals surface area contributed by atoms with E-state index >= 15 is 0 Å². The second-order valence-corrected chi connectivity index (χ2v) is 6.73. The third-order valence-electron chi connectivity index (χ3n) is 4.00. The molecule has 0 N–H and O–H groups in total. The lowest BCUT2D eigenvalue weighted by molar-refractivity contribution is -0.138. The lowest BCUT2D eigenvalue weighted by atomic mass is 9.96. The number of rotatable bonds is 4. The number of halogens is 4. The van der Waals surface area contributed by atoms with Crippen molar-refractivity contribution in [2.45, 2.75) is 19.0 Å². The first-order chi connectivity index (χ1) is 11.9. The van der Waals surface area contributed by atoms with Crippen molar-refractivity contribution < 1.29 is 13.2 Å². The van der Waals surface area contributed by atoms with Crippen molar-refractivity contribution in [3.05, 3.63) is 105 Å². The van der Waals surface area contributed by atoms with Gasteiger partial charge < -0.3 is 0 Å². The summed E-state index contributed by atoms with van der Waals surface area (Å²) >= 11 is 3.17. The predicted molar refractivity (Wildman–Crippen MR) is 97.6 cm³/mol. The van der Waals surface area contributed by atoms with Crippen LogP contribution in [0.2, 0.25) is 0 Å². The summed E-state index contributed by atoms with van der Waals surface area (Å²) in [5.41, 5.74) is 2.66. The normalized spacial score (nSPS) is 11.5. The molecule has 0 bridgehead atoms. The Morgan fingerprint density at radius 3 is 1.72 bits per heavy atom. The molecule has 3 aromatic rings. The molecule has 0 spiro atoms. The van der Waals surface area contributed by atoms with Gasteiger partial charge in [0.15, 0.2) is 0 Å². The fraction of sp³-hybridized carbons (Fsp3) is 0.143. The summed E-state index contributed by atoms with van der Waals surface area (Å²) < 4.78 is 40.5. The zero-order valence-corrected chi connectivity index (χ0v) is 14.9. The summed E-state index contributed by atoms with van der Waals surface area (Å²) in [6.45, 7) is 0. The molecule has 0 aliphatic rings. The molecule has 0 aliphatic heterocycles. The molecule has 0 heterocycles. The predicted octanol–water partition coefficient (Wildman–Crippen LogP) is 6.65. The minimum atomic E-state index is -4.39. The molecule has 0 atom stereocenters. The largest absolute Gasteiger partial charge is 0.417 e. The highest BCUT2D eigenvalue weighted by atomic mass is 79.9. The summed E-state index contributed by atoms with van der Waals surface area (Å²) in [5.74, 6) is 0. The van der Waals surface area contributed by atoms with Crippen molar-refractivity contribution in [3.63, 3.8) is 0 Å². The van der Waals surface area contributed by atoms with E-state index in [4.69, 9.17) is 0 Å². The first-order valence-corrected chi connectivity index (χ1v) is 8.69. The van der Waals surface area contributed by atoms with Crippen LogP contribution in [0.1, 0.15) is 27.8 Å². The van der Waals surface area contributed by atoms with Crippen LogP contribution in [0.5, 0.6) is 0 Å². The Balaban J connectivity index is 2.02. The van der Waals surface area contributed by atoms with Gasteiger partial charge in [-0.15, -0.1) is 0 Å². The lowest BCUT2D eigenvalue weighted by Crippen LogP contribution is -2.09. The van der Waals surface area contributed by atoms with Gasteiger partial charge in [0.25, 0.3) is 0 Å². The van der Waals surface area contributed by atoms with Gasteiger partial charge in [-0.2, -0.15) is 13.2 Å². The molecule has 4 heteroatoms. The van der Waals surface area contributed by atoms with E-state index in [1.807, 2.05) is 66.7 Å². The second kappa shape index (κ2) is 7.44. The molecular formula is C21H16BrF3. The van der Waals surface area contributed by atoms with Crippen LogP contribution in [0, 0.1) is 0 Å². The van der Waals surface area contributed by atoms with Gasteiger partial charge in [0.1, 0.15) is 0 Å². The van der Waals surface area contributed by atoms with Crippen LogP contribution in [0.3, 0.4) is 0 Å². The van der Waals surface area contributed by atoms with Crippen LogP contribution in [0.4, 0.5) is 13.2 Å². The fourth-order valence-corrected chi connectivity index (χ4v) is 3.43. The molecule has 3 aromatic carbocycles. The average molecular weight is 405 g/mol. The summed E-state index contributed by atoms with van der Waals surface area (Å²) in [6, 6.07) is 22.1. The third-order valence-corrected chi connectivity index (χ3v) is 4.94. The molecule has 3 rings (SSSR count). The Labute approximate surface area is 153 Å². The van der Waals surface area contributed by atoms with Crippen LogP contribution in [-0.2, 0) is 19.0 Å². The lowest BCUT2D eigenvalue weighted by Gasteiger charge is -2.16. The van der Waals surface area contributed by atoms with Gasteiger partial charge >= 0.3 is 6.18 Å². The molecule has 0 aromatic heterocycles. The van der Waals surface area contributed by atoms with E-state index in [2.05, 4.69) is 15.9 Å². The number of hydrogen-bond donors (Lipinski definition) is 0. The Bertz CT molecular complexity index is 840. The smallest absolute Gasteiger partial charge is 0.166 e. The van der Waals surface area contributed by atoms with E-state index in [-0.39, 0.29) is 4.47 Å². The Morgan fingerprint density at radius 1 is 0.680 bits per heavy atom. The molecule has 0 fully saturated rings. The van der Waals surface area contributed by atoms with Gasteiger partial charge in [-0.1, -0.05) is 66.7 Å². The molecule has 0 nitrogen and oxygen atoms in total. The van der Waals surface area contributed by atoms with Gasteiger partial charge in [0.05, 0.1) is 5.56 Å². The molecule has 0 saturated heterocycles. The van der Waals surface area contributed by atoms with E-state index in [9.17, 15) is 13.2 Å². The van der Waals surface area contributed by atoms with E-state index < -0.39 is 11.7 Å². The number of hydrogen-bond acceptors (Lipinski definition) is 0. The van der Waals surface area contributed by atoms with Crippen LogP contribution < -0.4 is 0 Å². The highest BCUT2D eigenvalue weighted by molar-refractivity contribution is 9.10. The summed E-state index contributed by atoms with van der Waals surface area (Å²) in [5, 5.41) is 0. The van der Waals surface area contributed by atoms with Crippen molar-refractivity contribution >= 4 is 15.9 Å². The monoisotopic (exact) mass is 404 g/mol. The van der Waals surface area contributed by atoms with Crippen molar-refractivity contribution in [2.75, 3.05) is 0 Å². The highest BCUT2D eigenvalue weighted by Gasteiger charge is 2.34.